The van der Waals surface area contributed by atoms with Gasteiger partial charge in [0, 0.05) is 6.04 Å². The number of hydrogen-bond donors (Lipinski definition) is 1. The molecule has 1 aliphatic rings. The van der Waals surface area contributed by atoms with E-state index < -0.39 is 0 Å². The Kier molecular flexibility index (Phi) is 3.33. The lowest BCUT2D eigenvalue weighted by Crippen LogP contribution is -2.13. The molecule has 1 unspecified atom stereocenters. The topological polar surface area (TPSA) is 26.0 Å². The maximum atomic E-state index is 5.86. The Balaban J connectivity index is 2.52. The average molecular weight is 167 g/mol. The lowest BCUT2D eigenvalue weighted by atomic mass is 9.98. The highest BCUT2D eigenvalue weighted by molar-refractivity contribution is 5.17. The number of hydrogen-bond acceptors (Lipinski definition) is 1. The standard InChI is InChI=1S/C11H21N/c1-8(2)6-9(3)10-4-5-11(12)7-10/h8,11H,4-7,12H2,1-3H3/b10-9-. The first-order chi connectivity index (χ1) is 5.59. The van der Waals surface area contributed by atoms with Crippen molar-refractivity contribution in [3.63, 3.8) is 0 Å². The molecule has 12 heavy (non-hydrogen) atoms. The van der Waals surface area contributed by atoms with Gasteiger partial charge >= 0.3 is 0 Å². The molecular weight excluding hydrogens is 146 g/mol. The first-order valence-corrected chi connectivity index (χ1v) is 5.02. The fourth-order valence-electron chi connectivity index (χ4n) is 2.02. The van der Waals surface area contributed by atoms with Crippen molar-refractivity contribution >= 4 is 0 Å². The molecule has 0 aromatic carbocycles. The lowest BCUT2D eigenvalue weighted by Gasteiger charge is -2.08. The van der Waals surface area contributed by atoms with E-state index in [0.29, 0.717) is 6.04 Å². The van der Waals surface area contributed by atoms with Crippen LogP contribution in [0.5, 0.6) is 0 Å². The maximum absolute atomic E-state index is 5.86. The molecule has 70 valence electrons. The Morgan fingerprint density at radius 2 is 2.25 bits per heavy atom. The van der Waals surface area contributed by atoms with Crippen molar-refractivity contribution in [1.82, 2.24) is 0 Å². The predicted molar refractivity (Wildman–Crippen MR) is 54.0 cm³/mol. The van der Waals surface area contributed by atoms with E-state index in [-0.39, 0.29) is 0 Å². The van der Waals surface area contributed by atoms with Crippen molar-refractivity contribution in [2.45, 2.75) is 52.5 Å². The Bertz CT molecular complexity index is 179. The molecule has 0 aromatic heterocycles. The average Bonchev–Trinajstić information content (AvgIpc) is 2.34. The quantitative estimate of drug-likeness (QED) is 0.629. The van der Waals surface area contributed by atoms with Crippen LogP contribution in [-0.2, 0) is 0 Å². The van der Waals surface area contributed by atoms with Gasteiger partial charge in [-0.3, -0.25) is 0 Å². The van der Waals surface area contributed by atoms with E-state index in [2.05, 4.69) is 20.8 Å². The van der Waals surface area contributed by atoms with E-state index in [4.69, 9.17) is 5.73 Å². The van der Waals surface area contributed by atoms with Crippen LogP contribution in [0.25, 0.3) is 0 Å². The molecule has 0 saturated heterocycles. The summed E-state index contributed by atoms with van der Waals surface area (Å²) in [5.41, 5.74) is 9.09. The van der Waals surface area contributed by atoms with Crippen LogP contribution in [0.2, 0.25) is 0 Å². The van der Waals surface area contributed by atoms with Crippen LogP contribution >= 0.6 is 0 Å². The summed E-state index contributed by atoms with van der Waals surface area (Å²) in [6.45, 7) is 6.82. The van der Waals surface area contributed by atoms with Gasteiger partial charge in [0.25, 0.3) is 0 Å². The summed E-state index contributed by atoms with van der Waals surface area (Å²) >= 11 is 0. The molecule has 1 atom stereocenters. The second-order valence-electron chi connectivity index (χ2n) is 4.48. The van der Waals surface area contributed by atoms with Crippen LogP contribution in [0.4, 0.5) is 0 Å². The zero-order chi connectivity index (χ0) is 9.14. The van der Waals surface area contributed by atoms with Crippen LogP contribution in [0.15, 0.2) is 11.1 Å². The molecule has 1 aliphatic carbocycles. The molecule has 1 saturated carbocycles. The third-order valence-electron chi connectivity index (χ3n) is 2.64. The minimum Gasteiger partial charge on any atom is -0.327 e. The van der Waals surface area contributed by atoms with E-state index in [1.165, 1.54) is 19.3 Å². The Morgan fingerprint density at radius 1 is 1.58 bits per heavy atom. The fourth-order valence-corrected chi connectivity index (χ4v) is 2.02. The van der Waals surface area contributed by atoms with Crippen LogP contribution < -0.4 is 5.73 Å². The van der Waals surface area contributed by atoms with E-state index >= 15 is 0 Å². The van der Waals surface area contributed by atoms with Crippen molar-refractivity contribution in [3.8, 4) is 0 Å². The maximum Gasteiger partial charge on any atom is 0.00792 e. The zero-order valence-electron chi connectivity index (χ0n) is 8.56. The molecular formula is C11H21N. The van der Waals surface area contributed by atoms with E-state index in [0.717, 1.165) is 12.3 Å². The predicted octanol–water partition coefficient (Wildman–Crippen LogP) is 2.86. The monoisotopic (exact) mass is 167 g/mol. The third-order valence-corrected chi connectivity index (χ3v) is 2.64. The highest BCUT2D eigenvalue weighted by Crippen LogP contribution is 2.28. The summed E-state index contributed by atoms with van der Waals surface area (Å²) in [6.07, 6.45) is 4.85. The molecule has 1 heteroatoms. The highest BCUT2D eigenvalue weighted by atomic mass is 14.6. The molecule has 0 heterocycles. The lowest BCUT2D eigenvalue weighted by molar-refractivity contribution is 0.635. The van der Waals surface area contributed by atoms with Crippen molar-refractivity contribution in [1.29, 1.82) is 0 Å². The van der Waals surface area contributed by atoms with Crippen molar-refractivity contribution in [3.05, 3.63) is 11.1 Å². The van der Waals surface area contributed by atoms with E-state index in [1.807, 2.05) is 0 Å². The Morgan fingerprint density at radius 3 is 2.67 bits per heavy atom. The summed E-state index contributed by atoms with van der Waals surface area (Å²) in [6, 6.07) is 0.446. The van der Waals surface area contributed by atoms with Gasteiger partial charge < -0.3 is 5.73 Å². The second-order valence-corrected chi connectivity index (χ2v) is 4.48. The molecule has 0 spiro atoms. The molecule has 1 nitrogen and oxygen atoms in total. The van der Waals surface area contributed by atoms with Crippen molar-refractivity contribution < 1.29 is 0 Å². The van der Waals surface area contributed by atoms with Crippen molar-refractivity contribution in [2.75, 3.05) is 0 Å². The van der Waals surface area contributed by atoms with Gasteiger partial charge in [-0.15, -0.1) is 0 Å². The Hall–Kier alpha value is -0.300. The van der Waals surface area contributed by atoms with Gasteiger partial charge in [0.1, 0.15) is 0 Å². The first kappa shape index (κ1) is 9.79. The minimum atomic E-state index is 0.446. The summed E-state index contributed by atoms with van der Waals surface area (Å²) < 4.78 is 0. The summed E-state index contributed by atoms with van der Waals surface area (Å²) in [5.74, 6) is 0.786. The zero-order valence-corrected chi connectivity index (χ0v) is 8.56. The minimum absolute atomic E-state index is 0.446. The van der Waals surface area contributed by atoms with Gasteiger partial charge in [-0.2, -0.15) is 0 Å². The SMILES string of the molecule is C/C(CC(C)C)=C1\CCC(N)C1. The van der Waals surface area contributed by atoms with Crippen molar-refractivity contribution in [2.24, 2.45) is 11.7 Å². The fraction of sp³-hybridized carbons (Fsp3) is 0.818. The summed E-state index contributed by atoms with van der Waals surface area (Å²) in [7, 11) is 0. The molecule has 0 aromatic rings. The highest BCUT2D eigenvalue weighted by Gasteiger charge is 2.17. The van der Waals surface area contributed by atoms with Gasteiger partial charge in [0.15, 0.2) is 0 Å². The van der Waals surface area contributed by atoms with Gasteiger partial charge in [-0.05, 0) is 38.5 Å². The second kappa shape index (κ2) is 4.08. The molecule has 0 bridgehead atoms. The molecule has 0 amide bonds. The molecule has 0 aliphatic heterocycles. The normalized spacial score (nSPS) is 28.2. The molecule has 1 fully saturated rings. The van der Waals surface area contributed by atoms with Gasteiger partial charge in [0.2, 0.25) is 0 Å². The number of allylic oxidation sites excluding steroid dienone is 1. The van der Waals surface area contributed by atoms with Gasteiger partial charge in [0.05, 0.1) is 0 Å². The largest absolute Gasteiger partial charge is 0.327 e. The summed E-state index contributed by atoms with van der Waals surface area (Å²) in [5, 5.41) is 0. The smallest absolute Gasteiger partial charge is 0.00792 e. The van der Waals surface area contributed by atoms with Gasteiger partial charge in [-0.1, -0.05) is 25.0 Å². The van der Waals surface area contributed by atoms with Gasteiger partial charge in [-0.25, -0.2) is 0 Å². The number of rotatable bonds is 2. The molecule has 2 N–H and O–H groups in total. The molecule has 0 radical (unpaired) electrons. The van der Waals surface area contributed by atoms with Crippen LogP contribution in [-0.4, -0.2) is 6.04 Å². The summed E-state index contributed by atoms with van der Waals surface area (Å²) in [4.78, 5) is 0. The van der Waals surface area contributed by atoms with E-state index in [9.17, 15) is 0 Å². The van der Waals surface area contributed by atoms with Crippen LogP contribution in [0, 0.1) is 5.92 Å². The first-order valence-electron chi connectivity index (χ1n) is 5.02. The van der Waals surface area contributed by atoms with Crippen LogP contribution in [0.3, 0.4) is 0 Å². The Labute approximate surface area is 76.0 Å². The molecule has 1 rings (SSSR count). The third kappa shape index (κ3) is 2.63. The number of nitrogens with two attached hydrogens (primary N) is 1. The van der Waals surface area contributed by atoms with Crippen LogP contribution in [0.1, 0.15) is 46.5 Å². The van der Waals surface area contributed by atoms with E-state index in [1.54, 1.807) is 11.1 Å².